The first-order chi connectivity index (χ1) is 12.4. The molecule has 6 nitrogen and oxygen atoms in total. The van der Waals surface area contributed by atoms with Crippen molar-refractivity contribution in [3.05, 3.63) is 59.9 Å². The van der Waals surface area contributed by atoms with Gasteiger partial charge in [-0.05, 0) is 44.2 Å². The van der Waals surface area contributed by atoms with Crippen molar-refractivity contribution in [2.75, 3.05) is 5.32 Å². The maximum atomic E-state index is 12.5. The second-order valence-electron chi connectivity index (χ2n) is 5.78. The number of nitrogens with one attached hydrogen (secondary N) is 1. The number of thioether (sulfide) groups is 1. The van der Waals surface area contributed by atoms with Gasteiger partial charge in [0.2, 0.25) is 11.8 Å². The topological polar surface area (TPSA) is 98.0 Å². The Hall–Kier alpha value is -2.93. The number of aromatic nitrogens is 2. The number of anilines is 1. The number of primary amides is 1. The molecule has 3 rings (SSSR count). The minimum Gasteiger partial charge on any atom is -0.366 e. The molecule has 0 bridgehead atoms. The van der Waals surface area contributed by atoms with Crippen LogP contribution in [0.25, 0.3) is 10.9 Å². The molecule has 0 fully saturated rings. The number of amides is 2. The van der Waals surface area contributed by atoms with Crippen LogP contribution in [0.15, 0.2) is 53.6 Å². The highest BCUT2D eigenvalue weighted by molar-refractivity contribution is 8.00. The zero-order chi connectivity index (χ0) is 18.7. The van der Waals surface area contributed by atoms with Crippen LogP contribution in [0, 0.1) is 6.92 Å². The van der Waals surface area contributed by atoms with Gasteiger partial charge in [0.15, 0.2) is 0 Å². The lowest BCUT2D eigenvalue weighted by atomic mass is 10.2. The molecule has 1 aromatic heterocycles. The van der Waals surface area contributed by atoms with Crippen molar-refractivity contribution in [2.45, 2.75) is 24.1 Å². The Kier molecular flexibility index (Phi) is 5.18. The molecule has 7 heteroatoms. The molecule has 0 saturated carbocycles. The fourth-order valence-corrected chi connectivity index (χ4v) is 3.42. The molecule has 132 valence electrons. The van der Waals surface area contributed by atoms with E-state index < -0.39 is 5.91 Å². The van der Waals surface area contributed by atoms with Crippen molar-refractivity contribution in [1.29, 1.82) is 0 Å². The second kappa shape index (κ2) is 7.53. The number of hydrogen-bond donors (Lipinski definition) is 2. The molecule has 1 heterocycles. The number of benzene rings is 2. The predicted molar refractivity (Wildman–Crippen MR) is 103 cm³/mol. The van der Waals surface area contributed by atoms with Gasteiger partial charge in [0.05, 0.1) is 10.8 Å². The van der Waals surface area contributed by atoms with Gasteiger partial charge in [-0.2, -0.15) is 0 Å². The van der Waals surface area contributed by atoms with Crippen LogP contribution >= 0.6 is 11.8 Å². The fraction of sp³-hybridized carbons (Fsp3) is 0.158. The van der Waals surface area contributed by atoms with Crippen molar-refractivity contribution in [3.8, 4) is 0 Å². The second-order valence-corrected chi connectivity index (χ2v) is 7.11. The van der Waals surface area contributed by atoms with Crippen LogP contribution in [0.1, 0.15) is 23.1 Å². The number of nitrogens with two attached hydrogens (primary N) is 1. The summed E-state index contributed by atoms with van der Waals surface area (Å²) in [6, 6.07) is 14.2. The fourth-order valence-electron chi connectivity index (χ4n) is 2.43. The molecule has 3 N–H and O–H groups in total. The molecule has 0 aliphatic rings. The average Bonchev–Trinajstić information content (AvgIpc) is 2.62. The highest BCUT2D eigenvalue weighted by Crippen LogP contribution is 2.29. The molecule has 0 radical (unpaired) electrons. The van der Waals surface area contributed by atoms with Gasteiger partial charge in [-0.1, -0.05) is 30.0 Å². The smallest absolute Gasteiger partial charge is 0.248 e. The van der Waals surface area contributed by atoms with Crippen molar-refractivity contribution in [2.24, 2.45) is 5.73 Å². The molecule has 0 aliphatic carbocycles. The summed E-state index contributed by atoms with van der Waals surface area (Å²) in [6.07, 6.45) is 0. The summed E-state index contributed by atoms with van der Waals surface area (Å²) in [7, 11) is 0. The van der Waals surface area contributed by atoms with Crippen LogP contribution in [-0.4, -0.2) is 27.0 Å². The Morgan fingerprint density at radius 1 is 1.08 bits per heavy atom. The molecule has 3 aromatic rings. The quantitative estimate of drug-likeness (QED) is 0.534. The van der Waals surface area contributed by atoms with E-state index in [2.05, 4.69) is 15.3 Å². The Labute approximate surface area is 155 Å². The van der Waals surface area contributed by atoms with E-state index in [1.807, 2.05) is 38.1 Å². The summed E-state index contributed by atoms with van der Waals surface area (Å²) in [5.74, 6) is 0.0147. The van der Waals surface area contributed by atoms with E-state index in [-0.39, 0.29) is 11.2 Å². The first-order valence-electron chi connectivity index (χ1n) is 8.05. The number of aryl methyl sites for hydroxylation is 1. The number of fused-ring (bicyclic) bond motifs is 1. The summed E-state index contributed by atoms with van der Waals surface area (Å²) in [6.45, 7) is 3.66. The lowest BCUT2D eigenvalue weighted by molar-refractivity contribution is -0.115. The Morgan fingerprint density at radius 2 is 1.77 bits per heavy atom. The molecule has 0 spiro atoms. The SMILES string of the molecule is Cc1nc(S[C@H](C)C(=O)Nc2ccc(C(N)=O)cc2)c2ccccc2n1. The van der Waals surface area contributed by atoms with Crippen LogP contribution < -0.4 is 11.1 Å². The molecule has 26 heavy (non-hydrogen) atoms. The van der Waals surface area contributed by atoms with Crippen molar-refractivity contribution >= 4 is 40.2 Å². The maximum Gasteiger partial charge on any atom is 0.248 e. The summed E-state index contributed by atoms with van der Waals surface area (Å²) < 4.78 is 0. The monoisotopic (exact) mass is 366 g/mol. The van der Waals surface area contributed by atoms with Gasteiger partial charge in [0, 0.05) is 16.6 Å². The van der Waals surface area contributed by atoms with Crippen molar-refractivity contribution in [3.63, 3.8) is 0 Å². The number of carbonyl (C=O) groups is 2. The normalized spacial score (nSPS) is 11.9. The average molecular weight is 366 g/mol. The number of rotatable bonds is 5. The standard InChI is InChI=1S/C19H18N4O2S/c1-11(18(25)23-14-9-7-13(8-10-14)17(20)24)26-19-15-5-3-4-6-16(15)21-12(2)22-19/h3-11H,1-2H3,(H2,20,24)(H,23,25)/t11-/m1/s1. The minimum absolute atomic E-state index is 0.151. The van der Waals surface area contributed by atoms with Gasteiger partial charge < -0.3 is 11.1 Å². The van der Waals surface area contributed by atoms with Gasteiger partial charge >= 0.3 is 0 Å². The number of para-hydroxylation sites is 1. The highest BCUT2D eigenvalue weighted by atomic mass is 32.2. The number of nitrogens with zero attached hydrogens (tertiary/aromatic N) is 2. The lowest BCUT2D eigenvalue weighted by Crippen LogP contribution is -2.22. The lowest BCUT2D eigenvalue weighted by Gasteiger charge is -2.13. The highest BCUT2D eigenvalue weighted by Gasteiger charge is 2.17. The van der Waals surface area contributed by atoms with Gasteiger partial charge in [0.25, 0.3) is 0 Å². The van der Waals surface area contributed by atoms with Crippen LogP contribution in [0.2, 0.25) is 0 Å². The summed E-state index contributed by atoms with van der Waals surface area (Å²) >= 11 is 1.39. The summed E-state index contributed by atoms with van der Waals surface area (Å²) in [4.78, 5) is 32.5. The zero-order valence-electron chi connectivity index (χ0n) is 14.4. The third-order valence-electron chi connectivity index (χ3n) is 3.77. The molecule has 0 unspecified atom stereocenters. The number of carbonyl (C=O) groups excluding carboxylic acids is 2. The first-order valence-corrected chi connectivity index (χ1v) is 8.93. The van der Waals surface area contributed by atoms with Gasteiger partial charge in [-0.15, -0.1) is 0 Å². The molecular formula is C19H18N4O2S. The van der Waals surface area contributed by atoms with Crippen molar-refractivity contribution in [1.82, 2.24) is 9.97 Å². The van der Waals surface area contributed by atoms with E-state index in [0.29, 0.717) is 17.1 Å². The largest absolute Gasteiger partial charge is 0.366 e. The molecular weight excluding hydrogens is 348 g/mol. The van der Waals surface area contributed by atoms with Crippen LogP contribution in [0.3, 0.4) is 0 Å². The third kappa shape index (κ3) is 4.00. The minimum atomic E-state index is -0.502. The van der Waals surface area contributed by atoms with Crippen LogP contribution in [0.5, 0.6) is 0 Å². The van der Waals surface area contributed by atoms with Gasteiger partial charge in [-0.25, -0.2) is 9.97 Å². The van der Waals surface area contributed by atoms with Gasteiger partial charge in [0.1, 0.15) is 10.9 Å². The van der Waals surface area contributed by atoms with E-state index in [9.17, 15) is 9.59 Å². The van der Waals surface area contributed by atoms with Crippen LogP contribution in [0.4, 0.5) is 5.69 Å². The Bertz CT molecular complexity index is 973. The van der Waals surface area contributed by atoms with E-state index in [1.165, 1.54) is 11.8 Å². The number of hydrogen-bond acceptors (Lipinski definition) is 5. The predicted octanol–water partition coefficient (Wildman–Crippen LogP) is 3.16. The zero-order valence-corrected chi connectivity index (χ0v) is 15.2. The van der Waals surface area contributed by atoms with Crippen LogP contribution in [-0.2, 0) is 4.79 Å². The Balaban J connectivity index is 1.74. The first kappa shape index (κ1) is 17.9. The maximum absolute atomic E-state index is 12.5. The van der Waals surface area contributed by atoms with E-state index in [4.69, 9.17) is 5.73 Å². The van der Waals surface area contributed by atoms with E-state index in [1.54, 1.807) is 24.3 Å². The van der Waals surface area contributed by atoms with Gasteiger partial charge in [-0.3, -0.25) is 9.59 Å². The molecule has 0 aliphatic heterocycles. The van der Waals surface area contributed by atoms with Crippen molar-refractivity contribution < 1.29 is 9.59 Å². The third-order valence-corrected chi connectivity index (χ3v) is 4.88. The molecule has 1 atom stereocenters. The summed E-state index contributed by atoms with van der Waals surface area (Å²) in [5.41, 5.74) is 7.08. The Morgan fingerprint density at radius 3 is 2.46 bits per heavy atom. The van der Waals surface area contributed by atoms with E-state index >= 15 is 0 Å². The molecule has 2 amide bonds. The molecule has 2 aromatic carbocycles. The summed E-state index contributed by atoms with van der Waals surface area (Å²) in [5, 5.41) is 4.18. The van der Waals surface area contributed by atoms with E-state index in [0.717, 1.165) is 15.9 Å². The molecule has 0 saturated heterocycles.